The molecule has 0 radical (unpaired) electrons. The van der Waals surface area contributed by atoms with Crippen LogP contribution >= 0.6 is 0 Å². The van der Waals surface area contributed by atoms with E-state index in [0.29, 0.717) is 0 Å². The summed E-state index contributed by atoms with van der Waals surface area (Å²) in [6, 6.07) is 5.15. The molecule has 2 heterocycles. The number of ether oxygens (including phenoxy) is 1. The van der Waals surface area contributed by atoms with Gasteiger partial charge in [0.2, 0.25) is 0 Å². The third-order valence-corrected chi connectivity index (χ3v) is 4.28. The second-order valence-corrected chi connectivity index (χ2v) is 5.57. The molecule has 0 aromatic carbocycles. The van der Waals surface area contributed by atoms with E-state index in [0.717, 1.165) is 24.8 Å². The summed E-state index contributed by atoms with van der Waals surface area (Å²) >= 11 is 0. The van der Waals surface area contributed by atoms with Crippen molar-refractivity contribution < 1.29 is 4.74 Å². The highest BCUT2D eigenvalue weighted by molar-refractivity contribution is 5.45. The molecule has 2 fully saturated rings. The average Bonchev–Trinajstić information content (AvgIpc) is 3.31. The Morgan fingerprint density at radius 3 is 2.47 bits per heavy atom. The van der Waals surface area contributed by atoms with Gasteiger partial charge >= 0.3 is 0 Å². The first-order valence-electron chi connectivity index (χ1n) is 7.25. The van der Waals surface area contributed by atoms with Crippen LogP contribution in [0.2, 0.25) is 0 Å². The molecule has 4 heteroatoms. The molecule has 0 bridgehead atoms. The topological polar surface area (TPSA) is 28.6 Å². The Hall–Kier alpha value is -1.13. The van der Waals surface area contributed by atoms with Gasteiger partial charge in [-0.25, -0.2) is 0 Å². The van der Waals surface area contributed by atoms with Crippen molar-refractivity contribution in [2.75, 3.05) is 38.2 Å². The van der Waals surface area contributed by atoms with Gasteiger partial charge in [0.05, 0.1) is 23.7 Å². The maximum atomic E-state index is 5.29. The van der Waals surface area contributed by atoms with Crippen molar-refractivity contribution in [2.45, 2.75) is 31.9 Å². The molecular weight excluding hydrogens is 238 g/mol. The first-order valence-corrected chi connectivity index (χ1v) is 7.25. The molecule has 1 aromatic heterocycles. The van der Waals surface area contributed by atoms with Gasteiger partial charge in [-0.1, -0.05) is 0 Å². The summed E-state index contributed by atoms with van der Waals surface area (Å²) in [4.78, 5) is 9.58. The van der Waals surface area contributed by atoms with Crippen molar-refractivity contribution in [3.8, 4) is 0 Å². The Kier molecular flexibility index (Phi) is 3.71. The number of piperazine rings is 1. The van der Waals surface area contributed by atoms with E-state index in [9.17, 15) is 0 Å². The summed E-state index contributed by atoms with van der Waals surface area (Å²) in [5.74, 6) is 0. The summed E-state index contributed by atoms with van der Waals surface area (Å²) in [6.45, 7) is 6.66. The van der Waals surface area contributed by atoms with E-state index < -0.39 is 0 Å². The minimum atomic E-state index is 0.0702. The molecule has 1 saturated carbocycles. The van der Waals surface area contributed by atoms with E-state index in [1.807, 2.05) is 13.1 Å². The highest BCUT2D eigenvalue weighted by Gasteiger charge is 2.31. The molecule has 104 valence electrons. The molecule has 0 amide bonds. The molecule has 0 spiro atoms. The molecular formula is C15H23N3O. The molecule has 1 aliphatic carbocycles. The zero-order chi connectivity index (χ0) is 13.2. The van der Waals surface area contributed by atoms with Gasteiger partial charge in [-0.15, -0.1) is 0 Å². The normalized spacial score (nSPS) is 22.5. The maximum Gasteiger partial charge on any atom is 0.0962 e. The molecule has 19 heavy (non-hydrogen) atoms. The van der Waals surface area contributed by atoms with E-state index >= 15 is 0 Å². The third-order valence-electron chi connectivity index (χ3n) is 4.28. The number of hydrogen-bond donors (Lipinski definition) is 0. The summed E-state index contributed by atoms with van der Waals surface area (Å²) in [5.41, 5.74) is 2.24. The first kappa shape index (κ1) is 12.9. The number of aromatic nitrogens is 1. The van der Waals surface area contributed by atoms with Gasteiger partial charge in [0.25, 0.3) is 0 Å². The second-order valence-electron chi connectivity index (χ2n) is 5.57. The molecule has 1 aliphatic heterocycles. The van der Waals surface area contributed by atoms with E-state index in [1.54, 1.807) is 7.11 Å². The van der Waals surface area contributed by atoms with Crippen LogP contribution in [0.5, 0.6) is 0 Å². The number of nitrogens with zero attached hydrogens (tertiary/aromatic N) is 3. The van der Waals surface area contributed by atoms with Crippen molar-refractivity contribution >= 4 is 5.69 Å². The van der Waals surface area contributed by atoms with Crippen LogP contribution in [0.4, 0.5) is 5.69 Å². The molecule has 0 N–H and O–H groups in total. The number of methoxy groups -OCH3 is 1. The fourth-order valence-electron chi connectivity index (χ4n) is 2.73. The third kappa shape index (κ3) is 2.90. The van der Waals surface area contributed by atoms with Crippen LogP contribution in [-0.2, 0) is 4.74 Å². The van der Waals surface area contributed by atoms with Crippen molar-refractivity contribution in [2.24, 2.45) is 0 Å². The van der Waals surface area contributed by atoms with Crippen molar-refractivity contribution in [3.63, 3.8) is 0 Å². The van der Waals surface area contributed by atoms with Crippen molar-refractivity contribution in [3.05, 3.63) is 24.0 Å². The lowest BCUT2D eigenvalue weighted by molar-refractivity contribution is 0.116. The lowest BCUT2D eigenvalue weighted by Crippen LogP contribution is -2.47. The number of pyridine rings is 1. The lowest BCUT2D eigenvalue weighted by atomic mass is 10.2. The summed E-state index contributed by atoms with van der Waals surface area (Å²) in [6.07, 6.45) is 4.87. The standard InChI is InChI=1S/C15H23N3O/c1-12(19-2)15-6-5-14(11-16-15)18-9-7-17(8-10-18)13-3-4-13/h5-6,11-13H,3-4,7-10H2,1-2H3/t12-/m0/s1. The predicted molar refractivity (Wildman–Crippen MR) is 76.5 cm³/mol. The smallest absolute Gasteiger partial charge is 0.0962 e. The molecule has 2 aliphatic rings. The van der Waals surface area contributed by atoms with E-state index in [-0.39, 0.29) is 6.10 Å². The minimum Gasteiger partial charge on any atom is -0.375 e. The molecule has 4 nitrogen and oxygen atoms in total. The monoisotopic (exact) mass is 261 g/mol. The van der Waals surface area contributed by atoms with Gasteiger partial charge in [0.15, 0.2) is 0 Å². The fraction of sp³-hybridized carbons (Fsp3) is 0.667. The van der Waals surface area contributed by atoms with Crippen LogP contribution < -0.4 is 4.90 Å². The Morgan fingerprint density at radius 2 is 1.95 bits per heavy atom. The number of anilines is 1. The van der Waals surface area contributed by atoms with Crippen LogP contribution in [0, 0.1) is 0 Å². The molecule has 1 saturated heterocycles. The zero-order valence-electron chi connectivity index (χ0n) is 11.9. The summed E-state index contributed by atoms with van der Waals surface area (Å²) in [5, 5.41) is 0. The second kappa shape index (κ2) is 5.47. The summed E-state index contributed by atoms with van der Waals surface area (Å²) < 4.78 is 5.29. The molecule has 0 unspecified atom stereocenters. The fourth-order valence-corrected chi connectivity index (χ4v) is 2.73. The highest BCUT2D eigenvalue weighted by atomic mass is 16.5. The Morgan fingerprint density at radius 1 is 1.21 bits per heavy atom. The van der Waals surface area contributed by atoms with Crippen LogP contribution in [0.3, 0.4) is 0 Å². The lowest BCUT2D eigenvalue weighted by Gasteiger charge is -2.36. The first-order chi connectivity index (χ1) is 9.28. The van der Waals surface area contributed by atoms with Gasteiger partial charge in [-0.2, -0.15) is 0 Å². The van der Waals surface area contributed by atoms with Crippen LogP contribution in [-0.4, -0.2) is 49.2 Å². The average molecular weight is 261 g/mol. The van der Waals surface area contributed by atoms with Gasteiger partial charge < -0.3 is 9.64 Å². The largest absolute Gasteiger partial charge is 0.375 e. The van der Waals surface area contributed by atoms with E-state index in [2.05, 4.69) is 26.9 Å². The van der Waals surface area contributed by atoms with Gasteiger partial charge in [-0.05, 0) is 31.9 Å². The predicted octanol–water partition coefficient (Wildman–Crippen LogP) is 2.07. The molecule has 3 rings (SSSR count). The van der Waals surface area contributed by atoms with E-state index in [4.69, 9.17) is 4.74 Å². The maximum absolute atomic E-state index is 5.29. The SMILES string of the molecule is CO[C@@H](C)c1ccc(N2CCN(C3CC3)CC2)cn1. The van der Waals surface area contributed by atoms with Crippen LogP contribution in [0.15, 0.2) is 18.3 Å². The molecule has 1 aromatic rings. The van der Waals surface area contributed by atoms with E-state index in [1.165, 1.54) is 31.6 Å². The Balaban J connectivity index is 1.60. The van der Waals surface area contributed by atoms with Crippen LogP contribution in [0.1, 0.15) is 31.6 Å². The summed E-state index contributed by atoms with van der Waals surface area (Å²) in [7, 11) is 1.72. The van der Waals surface area contributed by atoms with Crippen LogP contribution in [0.25, 0.3) is 0 Å². The Labute approximate surface area is 115 Å². The Bertz CT molecular complexity index is 408. The minimum absolute atomic E-state index is 0.0702. The van der Waals surface area contributed by atoms with Crippen molar-refractivity contribution in [1.82, 2.24) is 9.88 Å². The van der Waals surface area contributed by atoms with Gasteiger partial charge in [0.1, 0.15) is 0 Å². The quantitative estimate of drug-likeness (QED) is 0.829. The van der Waals surface area contributed by atoms with Gasteiger partial charge in [0, 0.05) is 39.3 Å². The number of hydrogen-bond acceptors (Lipinski definition) is 4. The highest BCUT2D eigenvalue weighted by Crippen LogP contribution is 2.28. The molecule has 1 atom stereocenters. The number of rotatable bonds is 4. The zero-order valence-corrected chi connectivity index (χ0v) is 11.9. The van der Waals surface area contributed by atoms with Gasteiger partial charge in [-0.3, -0.25) is 9.88 Å². The van der Waals surface area contributed by atoms with Crippen molar-refractivity contribution in [1.29, 1.82) is 0 Å².